The lowest BCUT2D eigenvalue weighted by molar-refractivity contribution is -0.119. The van der Waals surface area contributed by atoms with Crippen LogP contribution in [-0.2, 0) is 9.53 Å². The standard InChI is InChI=1S/C23H24N2O5/c1-14(2)20-12-17(16-7-5-6-8-18(16)24-20)23(27)30-13-22(26)25-19-10-9-15(28-3)11-21(19)29-4/h5-12,14H,13H2,1-4H3,(H,25,26). The molecular weight excluding hydrogens is 384 g/mol. The zero-order valence-corrected chi connectivity index (χ0v) is 17.4. The lowest BCUT2D eigenvalue weighted by atomic mass is 10.0. The molecule has 0 aliphatic heterocycles. The molecule has 0 unspecified atom stereocenters. The second-order valence-corrected chi connectivity index (χ2v) is 6.96. The summed E-state index contributed by atoms with van der Waals surface area (Å²) in [7, 11) is 3.03. The van der Waals surface area contributed by atoms with E-state index in [9.17, 15) is 9.59 Å². The maximum absolute atomic E-state index is 12.7. The molecule has 3 aromatic rings. The topological polar surface area (TPSA) is 86.8 Å². The van der Waals surface area contributed by atoms with E-state index in [1.807, 2.05) is 38.1 Å². The Morgan fingerprint density at radius 1 is 1.03 bits per heavy atom. The number of methoxy groups -OCH3 is 2. The number of carbonyl (C=O) groups is 2. The molecule has 0 saturated heterocycles. The minimum Gasteiger partial charge on any atom is -0.497 e. The Morgan fingerprint density at radius 3 is 2.50 bits per heavy atom. The van der Waals surface area contributed by atoms with Crippen LogP contribution < -0.4 is 14.8 Å². The molecule has 1 heterocycles. The summed E-state index contributed by atoms with van der Waals surface area (Å²) < 4.78 is 15.7. The number of aromatic nitrogens is 1. The van der Waals surface area contributed by atoms with Gasteiger partial charge in [-0.05, 0) is 30.2 Å². The molecule has 0 fully saturated rings. The Balaban J connectivity index is 1.74. The van der Waals surface area contributed by atoms with Crippen molar-refractivity contribution >= 4 is 28.5 Å². The van der Waals surface area contributed by atoms with Crippen LogP contribution in [0, 0.1) is 0 Å². The Bertz CT molecular complexity index is 1080. The summed E-state index contributed by atoms with van der Waals surface area (Å²) in [5.74, 6) is 0.131. The number of pyridine rings is 1. The van der Waals surface area contributed by atoms with E-state index in [-0.39, 0.29) is 5.92 Å². The molecule has 0 saturated carbocycles. The van der Waals surface area contributed by atoms with Crippen molar-refractivity contribution in [3.05, 3.63) is 59.8 Å². The molecule has 1 aromatic heterocycles. The van der Waals surface area contributed by atoms with Gasteiger partial charge in [0, 0.05) is 17.1 Å². The van der Waals surface area contributed by atoms with E-state index < -0.39 is 18.5 Å². The summed E-state index contributed by atoms with van der Waals surface area (Å²) in [4.78, 5) is 29.6. The molecular formula is C23H24N2O5. The van der Waals surface area contributed by atoms with Crippen molar-refractivity contribution in [1.29, 1.82) is 0 Å². The number of anilines is 1. The van der Waals surface area contributed by atoms with Gasteiger partial charge >= 0.3 is 5.97 Å². The Hall–Kier alpha value is -3.61. The van der Waals surface area contributed by atoms with Gasteiger partial charge in [0.15, 0.2) is 6.61 Å². The lowest BCUT2D eigenvalue weighted by Gasteiger charge is -2.13. The first kappa shape index (κ1) is 21.1. The van der Waals surface area contributed by atoms with Crippen molar-refractivity contribution in [2.45, 2.75) is 19.8 Å². The number of benzene rings is 2. The zero-order valence-electron chi connectivity index (χ0n) is 17.4. The van der Waals surface area contributed by atoms with E-state index in [0.29, 0.717) is 33.7 Å². The van der Waals surface area contributed by atoms with Crippen LogP contribution in [0.4, 0.5) is 5.69 Å². The zero-order chi connectivity index (χ0) is 21.7. The van der Waals surface area contributed by atoms with Gasteiger partial charge in [0.05, 0.1) is 31.0 Å². The number of carbonyl (C=O) groups excluding carboxylic acids is 2. The quantitative estimate of drug-likeness (QED) is 0.591. The first-order valence-corrected chi connectivity index (χ1v) is 9.51. The summed E-state index contributed by atoms with van der Waals surface area (Å²) in [5.41, 5.74) is 2.34. The van der Waals surface area contributed by atoms with E-state index in [1.54, 1.807) is 31.4 Å². The normalized spacial score (nSPS) is 10.7. The lowest BCUT2D eigenvalue weighted by Crippen LogP contribution is -2.21. The van der Waals surface area contributed by atoms with E-state index in [2.05, 4.69) is 10.3 Å². The number of nitrogens with zero attached hydrogens (tertiary/aromatic N) is 1. The average molecular weight is 408 g/mol. The molecule has 7 nitrogen and oxygen atoms in total. The number of amides is 1. The predicted octanol–water partition coefficient (Wildman–Crippen LogP) is 4.17. The van der Waals surface area contributed by atoms with Gasteiger partial charge in [0.2, 0.25) is 0 Å². The summed E-state index contributed by atoms with van der Waals surface area (Å²) in [6.07, 6.45) is 0. The summed E-state index contributed by atoms with van der Waals surface area (Å²) in [5, 5.41) is 3.36. The molecule has 1 amide bonds. The highest BCUT2D eigenvalue weighted by atomic mass is 16.5. The first-order valence-electron chi connectivity index (χ1n) is 9.51. The van der Waals surface area contributed by atoms with Gasteiger partial charge in [-0.3, -0.25) is 9.78 Å². The number of hydrogen-bond acceptors (Lipinski definition) is 6. The maximum Gasteiger partial charge on any atom is 0.339 e. The third-order valence-electron chi connectivity index (χ3n) is 4.56. The first-order chi connectivity index (χ1) is 14.4. The molecule has 7 heteroatoms. The Labute approximate surface area is 175 Å². The van der Waals surface area contributed by atoms with Crippen molar-refractivity contribution in [2.75, 3.05) is 26.1 Å². The monoisotopic (exact) mass is 408 g/mol. The number of para-hydroxylation sites is 1. The van der Waals surface area contributed by atoms with Crippen molar-refractivity contribution in [3.63, 3.8) is 0 Å². The molecule has 0 aliphatic rings. The molecule has 0 spiro atoms. The third kappa shape index (κ3) is 4.68. The fraction of sp³-hybridized carbons (Fsp3) is 0.261. The van der Waals surface area contributed by atoms with Gasteiger partial charge in [0.1, 0.15) is 11.5 Å². The van der Waals surface area contributed by atoms with Gasteiger partial charge in [0.25, 0.3) is 5.91 Å². The number of hydrogen-bond donors (Lipinski definition) is 1. The second kappa shape index (κ2) is 9.26. The molecule has 156 valence electrons. The highest BCUT2D eigenvalue weighted by Crippen LogP contribution is 2.29. The van der Waals surface area contributed by atoms with Crippen molar-refractivity contribution in [2.24, 2.45) is 0 Å². The van der Waals surface area contributed by atoms with E-state index in [1.165, 1.54) is 7.11 Å². The summed E-state index contributed by atoms with van der Waals surface area (Å²) >= 11 is 0. The van der Waals surface area contributed by atoms with Gasteiger partial charge in [-0.25, -0.2) is 4.79 Å². The van der Waals surface area contributed by atoms with Crippen LogP contribution >= 0.6 is 0 Å². The van der Waals surface area contributed by atoms with Crippen LogP contribution in [0.1, 0.15) is 35.8 Å². The number of ether oxygens (including phenoxy) is 3. The summed E-state index contributed by atoms with van der Waals surface area (Å²) in [6.45, 7) is 3.57. The number of esters is 1. The van der Waals surface area contributed by atoms with Crippen LogP contribution in [-0.4, -0.2) is 37.7 Å². The fourth-order valence-electron chi connectivity index (χ4n) is 2.96. The molecule has 2 aromatic carbocycles. The molecule has 0 radical (unpaired) electrons. The average Bonchev–Trinajstić information content (AvgIpc) is 2.76. The van der Waals surface area contributed by atoms with Crippen molar-refractivity contribution in [1.82, 2.24) is 4.98 Å². The van der Waals surface area contributed by atoms with Gasteiger partial charge in [-0.1, -0.05) is 32.0 Å². The van der Waals surface area contributed by atoms with Crippen LogP contribution in [0.25, 0.3) is 10.9 Å². The molecule has 3 rings (SSSR count). The molecule has 0 atom stereocenters. The van der Waals surface area contributed by atoms with E-state index in [4.69, 9.17) is 14.2 Å². The number of fused-ring (bicyclic) bond motifs is 1. The number of nitrogens with one attached hydrogen (secondary N) is 1. The van der Waals surface area contributed by atoms with Crippen LogP contribution in [0.15, 0.2) is 48.5 Å². The minimum absolute atomic E-state index is 0.145. The van der Waals surface area contributed by atoms with Crippen molar-refractivity contribution < 1.29 is 23.8 Å². The Kier molecular flexibility index (Phi) is 6.51. The maximum atomic E-state index is 12.7. The molecule has 1 N–H and O–H groups in total. The van der Waals surface area contributed by atoms with Crippen molar-refractivity contribution in [3.8, 4) is 11.5 Å². The second-order valence-electron chi connectivity index (χ2n) is 6.96. The summed E-state index contributed by atoms with van der Waals surface area (Å²) in [6, 6.07) is 14.1. The third-order valence-corrected chi connectivity index (χ3v) is 4.56. The predicted molar refractivity (Wildman–Crippen MR) is 114 cm³/mol. The largest absolute Gasteiger partial charge is 0.497 e. The van der Waals surface area contributed by atoms with E-state index >= 15 is 0 Å². The van der Waals surface area contributed by atoms with Gasteiger partial charge in [-0.15, -0.1) is 0 Å². The molecule has 0 bridgehead atoms. The smallest absolute Gasteiger partial charge is 0.339 e. The molecule has 30 heavy (non-hydrogen) atoms. The van der Waals surface area contributed by atoms with Crippen LogP contribution in [0.3, 0.4) is 0 Å². The minimum atomic E-state index is -0.577. The SMILES string of the molecule is COc1ccc(NC(=O)COC(=O)c2cc(C(C)C)nc3ccccc23)c(OC)c1. The number of rotatable bonds is 7. The fourth-order valence-corrected chi connectivity index (χ4v) is 2.96. The van der Waals surface area contributed by atoms with Crippen LogP contribution in [0.2, 0.25) is 0 Å². The highest BCUT2D eigenvalue weighted by Gasteiger charge is 2.17. The molecule has 0 aliphatic carbocycles. The van der Waals surface area contributed by atoms with E-state index in [0.717, 1.165) is 5.69 Å². The van der Waals surface area contributed by atoms with Gasteiger partial charge < -0.3 is 19.5 Å². The highest BCUT2D eigenvalue weighted by molar-refractivity contribution is 6.04. The Morgan fingerprint density at radius 2 is 1.80 bits per heavy atom. The van der Waals surface area contributed by atoms with Crippen LogP contribution in [0.5, 0.6) is 11.5 Å². The van der Waals surface area contributed by atoms with Gasteiger partial charge in [-0.2, -0.15) is 0 Å².